The molecule has 0 bridgehead atoms. The number of piperazine rings is 1. The smallest absolute Gasteiger partial charge is 0.256 e. The second-order valence-corrected chi connectivity index (χ2v) is 6.14. The fraction of sp³-hybridized carbons (Fsp3) is 0.316. The Morgan fingerprint density at radius 2 is 1.78 bits per heavy atom. The van der Waals surface area contributed by atoms with Crippen LogP contribution in [0.2, 0.25) is 0 Å². The van der Waals surface area contributed by atoms with Crippen molar-refractivity contribution >= 4 is 11.6 Å². The third-order valence-corrected chi connectivity index (χ3v) is 4.34. The Morgan fingerprint density at radius 3 is 2.48 bits per heavy atom. The van der Waals surface area contributed by atoms with Gasteiger partial charge in [-0.1, -0.05) is 42.0 Å². The molecule has 0 aromatic heterocycles. The van der Waals surface area contributed by atoms with Crippen molar-refractivity contribution in [3.8, 4) is 0 Å². The van der Waals surface area contributed by atoms with E-state index in [1.54, 1.807) is 12.1 Å². The van der Waals surface area contributed by atoms with Crippen molar-refractivity contribution in [1.82, 2.24) is 9.80 Å². The maximum Gasteiger partial charge on any atom is 0.256 e. The molecule has 1 heterocycles. The van der Waals surface area contributed by atoms with E-state index in [1.807, 2.05) is 17.0 Å². The van der Waals surface area contributed by atoms with Gasteiger partial charge in [-0.05, 0) is 24.6 Å². The fourth-order valence-electron chi connectivity index (χ4n) is 3.04. The van der Waals surface area contributed by atoms with E-state index in [2.05, 4.69) is 36.1 Å². The molecule has 1 aliphatic rings. The second-order valence-electron chi connectivity index (χ2n) is 6.14. The number of rotatable bonds is 3. The molecule has 3 rings (SSSR count). The topological polar surface area (TPSA) is 49.6 Å². The number of carbonyl (C=O) groups is 1. The van der Waals surface area contributed by atoms with Gasteiger partial charge in [-0.15, -0.1) is 0 Å². The number of amides is 1. The van der Waals surface area contributed by atoms with Crippen LogP contribution in [0.25, 0.3) is 0 Å². The van der Waals surface area contributed by atoms with Crippen LogP contribution in [-0.2, 0) is 6.54 Å². The van der Waals surface area contributed by atoms with Gasteiger partial charge in [-0.3, -0.25) is 9.69 Å². The summed E-state index contributed by atoms with van der Waals surface area (Å²) in [4.78, 5) is 16.9. The van der Waals surface area contributed by atoms with Gasteiger partial charge >= 0.3 is 0 Å². The first-order chi connectivity index (χ1) is 11.1. The molecule has 0 aliphatic carbocycles. The molecule has 2 N–H and O–H groups in total. The summed E-state index contributed by atoms with van der Waals surface area (Å²) in [6.45, 7) is 6.35. The fourth-order valence-corrected chi connectivity index (χ4v) is 3.04. The van der Waals surface area contributed by atoms with Crippen LogP contribution < -0.4 is 5.73 Å². The number of nitrogen functional groups attached to an aromatic ring is 1. The average molecular weight is 309 g/mol. The summed E-state index contributed by atoms with van der Waals surface area (Å²) < 4.78 is 0. The molecule has 2 aromatic carbocycles. The molecule has 1 amide bonds. The van der Waals surface area contributed by atoms with E-state index in [-0.39, 0.29) is 5.91 Å². The van der Waals surface area contributed by atoms with Gasteiger partial charge in [0.05, 0.1) is 5.56 Å². The molecule has 23 heavy (non-hydrogen) atoms. The van der Waals surface area contributed by atoms with Gasteiger partial charge in [0.15, 0.2) is 0 Å². The second kappa shape index (κ2) is 6.84. The van der Waals surface area contributed by atoms with Crippen molar-refractivity contribution < 1.29 is 4.79 Å². The Balaban J connectivity index is 1.58. The van der Waals surface area contributed by atoms with Gasteiger partial charge in [0.2, 0.25) is 0 Å². The number of nitrogens with two attached hydrogens (primary N) is 1. The summed E-state index contributed by atoms with van der Waals surface area (Å²) in [5.41, 5.74) is 9.70. The highest BCUT2D eigenvalue weighted by molar-refractivity contribution is 5.99. The van der Waals surface area contributed by atoms with E-state index in [9.17, 15) is 4.79 Å². The first-order valence-electron chi connectivity index (χ1n) is 8.05. The third-order valence-electron chi connectivity index (χ3n) is 4.34. The van der Waals surface area contributed by atoms with Crippen molar-refractivity contribution in [3.05, 3.63) is 65.2 Å². The normalized spacial score (nSPS) is 15.6. The molecular formula is C19H23N3O. The third kappa shape index (κ3) is 3.71. The van der Waals surface area contributed by atoms with Crippen LogP contribution in [0.15, 0.2) is 48.5 Å². The van der Waals surface area contributed by atoms with E-state index >= 15 is 0 Å². The predicted octanol–water partition coefficient (Wildman–Crippen LogP) is 2.54. The lowest BCUT2D eigenvalue weighted by molar-refractivity contribution is 0.0629. The number of anilines is 1. The molecule has 1 fully saturated rings. The van der Waals surface area contributed by atoms with Gasteiger partial charge in [-0.25, -0.2) is 0 Å². The zero-order valence-corrected chi connectivity index (χ0v) is 13.5. The molecule has 120 valence electrons. The van der Waals surface area contributed by atoms with Crippen molar-refractivity contribution in [2.24, 2.45) is 0 Å². The van der Waals surface area contributed by atoms with Crippen molar-refractivity contribution in [2.75, 3.05) is 31.9 Å². The monoisotopic (exact) mass is 309 g/mol. The number of hydrogen-bond donors (Lipinski definition) is 1. The molecule has 0 radical (unpaired) electrons. The van der Waals surface area contributed by atoms with Crippen molar-refractivity contribution in [2.45, 2.75) is 13.5 Å². The van der Waals surface area contributed by atoms with Gasteiger partial charge in [0.25, 0.3) is 5.91 Å². The Hall–Kier alpha value is -2.33. The molecule has 0 saturated carbocycles. The maximum atomic E-state index is 12.6. The summed E-state index contributed by atoms with van der Waals surface area (Å²) >= 11 is 0. The zero-order chi connectivity index (χ0) is 16.2. The standard InChI is InChI=1S/C19H23N3O/c1-15-5-4-6-16(13-15)14-21-9-11-22(12-10-21)19(23)17-7-2-3-8-18(17)20/h2-8,13H,9-12,14,20H2,1H3. The van der Waals surface area contributed by atoms with Gasteiger partial charge < -0.3 is 10.6 Å². The summed E-state index contributed by atoms with van der Waals surface area (Å²) in [5, 5.41) is 0. The maximum absolute atomic E-state index is 12.6. The summed E-state index contributed by atoms with van der Waals surface area (Å²) in [6.07, 6.45) is 0. The summed E-state index contributed by atoms with van der Waals surface area (Å²) in [5.74, 6) is 0.0401. The van der Waals surface area contributed by atoms with Crippen LogP contribution in [0.4, 0.5) is 5.69 Å². The van der Waals surface area contributed by atoms with Crippen LogP contribution in [0.3, 0.4) is 0 Å². The minimum atomic E-state index is 0.0401. The number of aryl methyl sites for hydroxylation is 1. The Labute approximate surface area is 137 Å². The number of carbonyl (C=O) groups excluding carboxylic acids is 1. The molecular weight excluding hydrogens is 286 g/mol. The lowest BCUT2D eigenvalue weighted by Crippen LogP contribution is -2.48. The number of benzene rings is 2. The Bertz CT molecular complexity index is 691. The lowest BCUT2D eigenvalue weighted by atomic mass is 10.1. The van der Waals surface area contributed by atoms with Crippen LogP contribution in [0.5, 0.6) is 0 Å². The molecule has 1 saturated heterocycles. The molecule has 2 aromatic rings. The van der Waals surface area contributed by atoms with E-state index in [0.29, 0.717) is 11.3 Å². The largest absolute Gasteiger partial charge is 0.398 e. The number of para-hydroxylation sites is 1. The van der Waals surface area contributed by atoms with Crippen LogP contribution in [-0.4, -0.2) is 41.9 Å². The van der Waals surface area contributed by atoms with Crippen LogP contribution >= 0.6 is 0 Å². The minimum absolute atomic E-state index is 0.0401. The highest BCUT2D eigenvalue weighted by Gasteiger charge is 2.23. The van der Waals surface area contributed by atoms with E-state index in [0.717, 1.165) is 32.7 Å². The summed E-state index contributed by atoms with van der Waals surface area (Å²) in [7, 11) is 0. The molecule has 4 heteroatoms. The Kier molecular flexibility index (Phi) is 4.63. The van der Waals surface area contributed by atoms with Gasteiger partial charge in [0.1, 0.15) is 0 Å². The SMILES string of the molecule is Cc1cccc(CN2CCN(C(=O)c3ccccc3N)CC2)c1. The van der Waals surface area contributed by atoms with E-state index in [1.165, 1.54) is 11.1 Å². The highest BCUT2D eigenvalue weighted by Crippen LogP contribution is 2.16. The van der Waals surface area contributed by atoms with Gasteiger partial charge in [0, 0.05) is 38.4 Å². The first-order valence-corrected chi connectivity index (χ1v) is 8.05. The first kappa shape index (κ1) is 15.6. The van der Waals surface area contributed by atoms with E-state index in [4.69, 9.17) is 5.73 Å². The van der Waals surface area contributed by atoms with Crippen molar-refractivity contribution in [3.63, 3.8) is 0 Å². The molecule has 0 spiro atoms. The molecule has 4 nitrogen and oxygen atoms in total. The van der Waals surface area contributed by atoms with Gasteiger partial charge in [-0.2, -0.15) is 0 Å². The average Bonchev–Trinajstić information content (AvgIpc) is 2.55. The molecule has 0 unspecified atom stereocenters. The quantitative estimate of drug-likeness (QED) is 0.887. The molecule has 0 atom stereocenters. The number of nitrogens with zero attached hydrogens (tertiary/aromatic N) is 2. The van der Waals surface area contributed by atoms with E-state index < -0.39 is 0 Å². The van der Waals surface area contributed by atoms with Crippen LogP contribution in [0.1, 0.15) is 21.5 Å². The summed E-state index contributed by atoms with van der Waals surface area (Å²) in [6, 6.07) is 15.9. The number of hydrogen-bond acceptors (Lipinski definition) is 3. The lowest BCUT2D eigenvalue weighted by Gasteiger charge is -2.35. The highest BCUT2D eigenvalue weighted by atomic mass is 16.2. The minimum Gasteiger partial charge on any atom is -0.398 e. The Morgan fingerprint density at radius 1 is 1.04 bits per heavy atom. The molecule has 1 aliphatic heterocycles. The predicted molar refractivity (Wildman–Crippen MR) is 93.2 cm³/mol. The van der Waals surface area contributed by atoms with Crippen molar-refractivity contribution in [1.29, 1.82) is 0 Å². The van der Waals surface area contributed by atoms with Crippen LogP contribution in [0, 0.1) is 6.92 Å². The zero-order valence-electron chi connectivity index (χ0n) is 13.5.